The maximum atomic E-state index is 12.1. The minimum atomic E-state index is -1.08. The van der Waals surface area contributed by atoms with Crippen LogP contribution in [0, 0.1) is 6.92 Å². The second-order valence-corrected chi connectivity index (χ2v) is 4.82. The molecule has 2 N–H and O–H groups in total. The van der Waals surface area contributed by atoms with Crippen molar-refractivity contribution < 1.29 is 19.1 Å². The van der Waals surface area contributed by atoms with Gasteiger partial charge in [0.2, 0.25) is 0 Å². The van der Waals surface area contributed by atoms with Gasteiger partial charge in [-0.2, -0.15) is 0 Å². The lowest BCUT2D eigenvalue weighted by atomic mass is 10.1. The Kier molecular flexibility index (Phi) is 4.42. The van der Waals surface area contributed by atoms with Crippen LogP contribution in [0.3, 0.4) is 0 Å². The lowest BCUT2D eigenvalue weighted by molar-refractivity contribution is -0.139. The van der Waals surface area contributed by atoms with Gasteiger partial charge < -0.3 is 14.8 Å². The highest BCUT2D eigenvalue weighted by molar-refractivity contribution is 5.98. The van der Waals surface area contributed by atoms with E-state index < -0.39 is 17.9 Å². The summed E-state index contributed by atoms with van der Waals surface area (Å²) >= 11 is 0. The number of benzene rings is 1. The first-order chi connectivity index (χ1) is 10.0. The first-order valence-corrected chi connectivity index (χ1v) is 6.66. The van der Waals surface area contributed by atoms with E-state index in [1.165, 1.54) is 0 Å². The van der Waals surface area contributed by atoms with E-state index in [2.05, 4.69) is 5.32 Å². The summed E-state index contributed by atoms with van der Waals surface area (Å²) in [5, 5.41) is 12.4. The molecule has 1 aromatic carbocycles. The highest BCUT2D eigenvalue weighted by Crippen LogP contribution is 2.20. The Morgan fingerprint density at radius 3 is 2.81 bits per heavy atom. The van der Waals surface area contributed by atoms with E-state index in [4.69, 9.17) is 9.52 Å². The van der Waals surface area contributed by atoms with Crippen LogP contribution in [0.1, 0.15) is 29.5 Å². The van der Waals surface area contributed by atoms with E-state index >= 15 is 0 Å². The van der Waals surface area contributed by atoms with E-state index in [9.17, 15) is 9.59 Å². The Hall–Kier alpha value is -2.56. The van der Waals surface area contributed by atoms with E-state index in [-0.39, 0.29) is 12.2 Å². The van der Waals surface area contributed by atoms with Gasteiger partial charge >= 0.3 is 5.97 Å². The summed E-state index contributed by atoms with van der Waals surface area (Å²) in [6.07, 6.45) is 3.67. The van der Waals surface area contributed by atoms with Gasteiger partial charge in [0.05, 0.1) is 0 Å². The average molecular weight is 287 g/mol. The van der Waals surface area contributed by atoms with Crippen LogP contribution in [-0.2, 0) is 4.79 Å². The van der Waals surface area contributed by atoms with Crippen LogP contribution >= 0.6 is 0 Å². The third kappa shape index (κ3) is 3.51. The minimum absolute atomic E-state index is 0.113. The van der Waals surface area contributed by atoms with Crippen molar-refractivity contribution in [2.75, 3.05) is 0 Å². The molecule has 1 heterocycles. The molecule has 5 nitrogen and oxygen atoms in total. The minimum Gasteiger partial charge on any atom is -0.480 e. The summed E-state index contributed by atoms with van der Waals surface area (Å²) in [5.41, 5.74) is 1.66. The largest absolute Gasteiger partial charge is 0.480 e. The number of carbonyl (C=O) groups is 2. The van der Waals surface area contributed by atoms with E-state index in [1.54, 1.807) is 31.2 Å². The highest BCUT2D eigenvalue weighted by atomic mass is 16.4. The van der Waals surface area contributed by atoms with Crippen molar-refractivity contribution in [3.05, 3.63) is 47.7 Å². The number of rotatable bonds is 5. The van der Waals surface area contributed by atoms with Crippen LogP contribution in [-0.4, -0.2) is 23.0 Å². The fourth-order valence-corrected chi connectivity index (χ4v) is 2.00. The molecular weight excluding hydrogens is 270 g/mol. The van der Waals surface area contributed by atoms with Crippen LogP contribution in [0.15, 0.2) is 40.8 Å². The molecule has 0 aliphatic rings. The lowest BCUT2D eigenvalue weighted by Crippen LogP contribution is -2.40. The highest BCUT2D eigenvalue weighted by Gasteiger charge is 2.21. The maximum absolute atomic E-state index is 12.1. The number of furan rings is 1. The topological polar surface area (TPSA) is 79.5 Å². The number of aryl methyl sites for hydroxylation is 1. The van der Waals surface area contributed by atoms with Crippen LogP contribution in [0.2, 0.25) is 0 Å². The smallest absolute Gasteiger partial charge is 0.326 e. The molecule has 110 valence electrons. The molecule has 1 atom stereocenters. The molecule has 5 heteroatoms. The number of amides is 1. The Balaban J connectivity index is 2.18. The van der Waals surface area contributed by atoms with Crippen molar-refractivity contribution in [3.63, 3.8) is 0 Å². The maximum Gasteiger partial charge on any atom is 0.326 e. The fraction of sp³-hybridized carbons (Fsp3) is 0.250. The molecule has 0 saturated heterocycles. The Bertz CT molecular complexity index is 699. The van der Waals surface area contributed by atoms with Crippen LogP contribution < -0.4 is 5.32 Å². The third-order valence-electron chi connectivity index (χ3n) is 3.11. The fourth-order valence-electron chi connectivity index (χ4n) is 2.00. The first-order valence-electron chi connectivity index (χ1n) is 6.66. The molecule has 0 aliphatic carbocycles. The summed E-state index contributed by atoms with van der Waals surface area (Å²) in [4.78, 5) is 23.2. The number of aliphatic carboxylic acids is 1. The van der Waals surface area contributed by atoms with Crippen molar-refractivity contribution in [2.24, 2.45) is 0 Å². The predicted octanol–water partition coefficient (Wildman–Crippen LogP) is 2.89. The molecule has 2 rings (SSSR count). The summed E-state index contributed by atoms with van der Waals surface area (Å²) in [6, 6.07) is 6.23. The van der Waals surface area contributed by atoms with Crippen molar-refractivity contribution in [1.82, 2.24) is 5.32 Å². The molecule has 0 aliphatic heterocycles. The van der Waals surface area contributed by atoms with Gasteiger partial charge in [0.1, 0.15) is 11.6 Å². The normalized spacial score (nSPS) is 12.7. The molecule has 21 heavy (non-hydrogen) atoms. The number of allylic oxidation sites excluding steroid dienone is 1. The van der Waals surface area contributed by atoms with E-state index in [0.29, 0.717) is 5.58 Å². The van der Waals surface area contributed by atoms with Crippen LogP contribution in [0.5, 0.6) is 0 Å². The molecule has 1 amide bonds. The first kappa shape index (κ1) is 14.8. The zero-order chi connectivity index (χ0) is 15.4. The van der Waals surface area contributed by atoms with Crippen molar-refractivity contribution in [1.29, 1.82) is 0 Å². The van der Waals surface area contributed by atoms with Gasteiger partial charge in [0.15, 0.2) is 5.76 Å². The average Bonchev–Trinajstić information content (AvgIpc) is 2.85. The van der Waals surface area contributed by atoms with Gasteiger partial charge in [-0.3, -0.25) is 4.79 Å². The molecule has 2 aromatic rings. The molecule has 0 saturated carbocycles. The second kappa shape index (κ2) is 6.26. The number of carbonyl (C=O) groups excluding carboxylic acids is 1. The SMILES string of the molecule is C/C=C/CC(NC(=O)c1cc2cc(C)ccc2o1)C(=O)O. The molecule has 0 fully saturated rings. The van der Waals surface area contributed by atoms with Gasteiger partial charge in [-0.1, -0.05) is 23.8 Å². The summed E-state index contributed by atoms with van der Waals surface area (Å²) < 4.78 is 5.45. The molecule has 0 bridgehead atoms. The summed E-state index contributed by atoms with van der Waals surface area (Å²) in [6.45, 7) is 3.74. The second-order valence-electron chi connectivity index (χ2n) is 4.82. The Morgan fingerprint density at radius 2 is 2.14 bits per heavy atom. The van der Waals surface area contributed by atoms with Crippen molar-refractivity contribution in [3.8, 4) is 0 Å². The molecule has 0 spiro atoms. The van der Waals surface area contributed by atoms with Crippen LogP contribution in [0.25, 0.3) is 11.0 Å². The molecule has 0 radical (unpaired) electrons. The molecular formula is C16H17NO4. The van der Waals surface area contributed by atoms with Gasteiger partial charge in [-0.15, -0.1) is 0 Å². The zero-order valence-corrected chi connectivity index (χ0v) is 11.9. The predicted molar refractivity (Wildman–Crippen MR) is 79.3 cm³/mol. The monoisotopic (exact) mass is 287 g/mol. The van der Waals surface area contributed by atoms with Crippen molar-refractivity contribution >= 4 is 22.8 Å². The van der Waals surface area contributed by atoms with Gasteiger partial charge in [0, 0.05) is 5.39 Å². The number of nitrogens with one attached hydrogen (secondary N) is 1. The lowest BCUT2D eigenvalue weighted by Gasteiger charge is -2.11. The quantitative estimate of drug-likeness (QED) is 0.829. The third-order valence-corrected chi connectivity index (χ3v) is 3.11. The van der Waals surface area contributed by atoms with Gasteiger partial charge in [-0.05, 0) is 38.5 Å². The number of hydrogen-bond acceptors (Lipinski definition) is 3. The van der Waals surface area contributed by atoms with Crippen molar-refractivity contribution in [2.45, 2.75) is 26.3 Å². The molecule has 1 aromatic heterocycles. The number of fused-ring (bicyclic) bond motifs is 1. The van der Waals surface area contributed by atoms with Gasteiger partial charge in [0.25, 0.3) is 5.91 Å². The van der Waals surface area contributed by atoms with E-state index in [1.807, 2.05) is 19.1 Å². The Morgan fingerprint density at radius 1 is 1.38 bits per heavy atom. The standard InChI is InChI=1S/C16H17NO4/c1-3-4-5-12(16(19)20)17-15(18)14-9-11-8-10(2)6-7-13(11)21-14/h3-4,6-9,12H,5H2,1-2H3,(H,17,18)(H,19,20)/b4-3+. The number of carboxylic acids is 1. The molecule has 1 unspecified atom stereocenters. The number of hydrogen-bond donors (Lipinski definition) is 2. The Labute approximate surface area is 122 Å². The number of carboxylic acid groups (broad SMARTS) is 1. The van der Waals surface area contributed by atoms with Crippen LogP contribution in [0.4, 0.5) is 0 Å². The zero-order valence-electron chi connectivity index (χ0n) is 11.9. The summed E-state index contributed by atoms with van der Waals surface area (Å²) in [5.74, 6) is -1.49. The van der Waals surface area contributed by atoms with E-state index in [0.717, 1.165) is 10.9 Å². The van der Waals surface area contributed by atoms with Gasteiger partial charge in [-0.25, -0.2) is 4.79 Å². The summed E-state index contributed by atoms with van der Waals surface area (Å²) in [7, 11) is 0.